The first kappa shape index (κ1) is 9.19. The second kappa shape index (κ2) is 4.74. The van der Waals surface area contributed by atoms with E-state index in [1.165, 1.54) is 19.4 Å². The molecule has 0 aliphatic carbocycles. The number of rotatable bonds is 1. The third-order valence-corrected chi connectivity index (χ3v) is 2.66. The van der Waals surface area contributed by atoms with Crippen molar-refractivity contribution in [2.24, 2.45) is 0 Å². The van der Waals surface area contributed by atoms with Crippen molar-refractivity contribution in [3.63, 3.8) is 0 Å². The summed E-state index contributed by atoms with van der Waals surface area (Å²) in [6, 6.07) is 0. The van der Waals surface area contributed by atoms with E-state index < -0.39 is 0 Å². The zero-order valence-electron chi connectivity index (χ0n) is 8.11. The Bertz CT molecular complexity index is 176. The molecule has 2 aliphatic rings. The SMILES string of the molecule is C1=CCN(N2CCOCC2)CCC1. The van der Waals surface area contributed by atoms with Gasteiger partial charge in [-0.15, -0.1) is 0 Å². The van der Waals surface area contributed by atoms with Crippen LogP contribution < -0.4 is 0 Å². The van der Waals surface area contributed by atoms with Crippen LogP contribution in [0.5, 0.6) is 0 Å². The zero-order chi connectivity index (χ0) is 8.93. The maximum absolute atomic E-state index is 5.34. The van der Waals surface area contributed by atoms with E-state index in [2.05, 4.69) is 22.2 Å². The molecule has 3 nitrogen and oxygen atoms in total. The molecule has 0 N–H and O–H groups in total. The molecule has 1 saturated heterocycles. The first-order chi connectivity index (χ1) is 6.47. The first-order valence-electron chi connectivity index (χ1n) is 5.19. The highest BCUT2D eigenvalue weighted by atomic mass is 16.5. The molecule has 3 heteroatoms. The molecule has 0 spiro atoms. The number of allylic oxidation sites excluding steroid dienone is 1. The predicted octanol–water partition coefficient (Wildman–Crippen LogP) is 0.886. The maximum Gasteiger partial charge on any atom is 0.0608 e. The number of morpholine rings is 1. The molecule has 0 saturated carbocycles. The summed E-state index contributed by atoms with van der Waals surface area (Å²) in [7, 11) is 0. The highest BCUT2D eigenvalue weighted by Gasteiger charge is 2.17. The molecule has 0 radical (unpaired) electrons. The Morgan fingerprint density at radius 2 is 1.77 bits per heavy atom. The van der Waals surface area contributed by atoms with Gasteiger partial charge in [0, 0.05) is 26.2 Å². The number of hydrazine groups is 1. The van der Waals surface area contributed by atoms with Crippen LogP contribution in [0.25, 0.3) is 0 Å². The van der Waals surface area contributed by atoms with Gasteiger partial charge in [-0.25, -0.2) is 10.0 Å². The third kappa shape index (κ3) is 2.53. The Balaban J connectivity index is 1.86. The van der Waals surface area contributed by atoms with E-state index in [0.29, 0.717) is 0 Å². The van der Waals surface area contributed by atoms with Crippen molar-refractivity contribution < 1.29 is 4.74 Å². The standard InChI is InChI=1S/C10H18N2O/c1-2-4-6-11(5-3-1)12-7-9-13-10-8-12/h1,3H,2,4-10H2. The average molecular weight is 182 g/mol. The van der Waals surface area contributed by atoms with Gasteiger partial charge in [-0.3, -0.25) is 0 Å². The molecule has 74 valence electrons. The molecule has 2 aliphatic heterocycles. The van der Waals surface area contributed by atoms with Crippen LogP contribution >= 0.6 is 0 Å². The van der Waals surface area contributed by atoms with Crippen molar-refractivity contribution in [3.05, 3.63) is 12.2 Å². The highest BCUT2D eigenvalue weighted by molar-refractivity contribution is 4.87. The predicted molar refractivity (Wildman–Crippen MR) is 52.3 cm³/mol. The topological polar surface area (TPSA) is 15.7 Å². The van der Waals surface area contributed by atoms with Gasteiger partial charge < -0.3 is 4.74 Å². The molecular formula is C10H18N2O. The summed E-state index contributed by atoms with van der Waals surface area (Å²) in [5.74, 6) is 0. The van der Waals surface area contributed by atoms with Crippen LogP contribution in [0.2, 0.25) is 0 Å². The van der Waals surface area contributed by atoms with Crippen molar-refractivity contribution in [2.45, 2.75) is 12.8 Å². The minimum absolute atomic E-state index is 0.889. The lowest BCUT2D eigenvalue weighted by Crippen LogP contribution is -2.48. The summed E-state index contributed by atoms with van der Waals surface area (Å²) in [6.07, 6.45) is 7.09. The molecule has 0 unspecified atom stereocenters. The Hall–Kier alpha value is -0.380. The normalized spacial score (nSPS) is 27.4. The van der Waals surface area contributed by atoms with Crippen LogP contribution in [0.4, 0.5) is 0 Å². The van der Waals surface area contributed by atoms with Gasteiger partial charge in [-0.1, -0.05) is 12.2 Å². The summed E-state index contributed by atoms with van der Waals surface area (Å²) in [6.45, 7) is 6.19. The third-order valence-electron chi connectivity index (χ3n) is 2.66. The smallest absolute Gasteiger partial charge is 0.0608 e. The summed E-state index contributed by atoms with van der Waals surface area (Å²) in [5, 5.41) is 4.88. The Morgan fingerprint density at radius 3 is 2.62 bits per heavy atom. The van der Waals surface area contributed by atoms with Gasteiger partial charge in [-0.2, -0.15) is 0 Å². The van der Waals surface area contributed by atoms with E-state index in [1.807, 2.05) is 0 Å². The molecule has 2 rings (SSSR count). The fourth-order valence-electron chi connectivity index (χ4n) is 1.89. The number of hydrogen-bond donors (Lipinski definition) is 0. The van der Waals surface area contributed by atoms with E-state index in [-0.39, 0.29) is 0 Å². The van der Waals surface area contributed by atoms with E-state index in [9.17, 15) is 0 Å². The Labute approximate surface area is 79.9 Å². The van der Waals surface area contributed by atoms with Crippen LogP contribution in [-0.4, -0.2) is 49.4 Å². The second-order valence-corrected chi connectivity index (χ2v) is 3.59. The van der Waals surface area contributed by atoms with Crippen molar-refractivity contribution >= 4 is 0 Å². The molecule has 0 aromatic heterocycles. The van der Waals surface area contributed by atoms with Crippen LogP contribution in [0, 0.1) is 0 Å². The van der Waals surface area contributed by atoms with Gasteiger partial charge in [-0.05, 0) is 12.8 Å². The summed E-state index contributed by atoms with van der Waals surface area (Å²) in [5.41, 5.74) is 0. The lowest BCUT2D eigenvalue weighted by atomic mass is 10.3. The number of ether oxygens (including phenoxy) is 1. The average Bonchev–Trinajstić information content (AvgIpc) is 2.47. The summed E-state index contributed by atoms with van der Waals surface area (Å²) in [4.78, 5) is 0. The zero-order valence-corrected chi connectivity index (χ0v) is 8.11. The Morgan fingerprint density at radius 1 is 0.923 bits per heavy atom. The second-order valence-electron chi connectivity index (χ2n) is 3.59. The van der Waals surface area contributed by atoms with Crippen molar-refractivity contribution in [1.29, 1.82) is 0 Å². The molecule has 0 aromatic carbocycles. The molecule has 2 heterocycles. The van der Waals surface area contributed by atoms with Gasteiger partial charge in [0.15, 0.2) is 0 Å². The fraction of sp³-hybridized carbons (Fsp3) is 0.800. The largest absolute Gasteiger partial charge is 0.379 e. The van der Waals surface area contributed by atoms with E-state index in [1.54, 1.807) is 0 Å². The minimum atomic E-state index is 0.889. The van der Waals surface area contributed by atoms with Gasteiger partial charge >= 0.3 is 0 Å². The first-order valence-corrected chi connectivity index (χ1v) is 5.19. The summed E-state index contributed by atoms with van der Waals surface area (Å²) < 4.78 is 5.34. The molecule has 0 aromatic rings. The van der Waals surface area contributed by atoms with Crippen LogP contribution in [0.15, 0.2) is 12.2 Å². The lowest BCUT2D eigenvalue weighted by Gasteiger charge is -2.36. The molecule has 0 bridgehead atoms. The monoisotopic (exact) mass is 182 g/mol. The molecule has 0 amide bonds. The van der Waals surface area contributed by atoms with Gasteiger partial charge in [0.05, 0.1) is 13.2 Å². The number of hydrogen-bond acceptors (Lipinski definition) is 3. The molecular weight excluding hydrogens is 164 g/mol. The molecule has 0 atom stereocenters. The van der Waals surface area contributed by atoms with E-state index in [4.69, 9.17) is 4.74 Å². The van der Waals surface area contributed by atoms with Crippen molar-refractivity contribution in [1.82, 2.24) is 10.0 Å². The van der Waals surface area contributed by atoms with E-state index >= 15 is 0 Å². The summed E-state index contributed by atoms with van der Waals surface area (Å²) >= 11 is 0. The van der Waals surface area contributed by atoms with Gasteiger partial charge in [0.2, 0.25) is 0 Å². The van der Waals surface area contributed by atoms with Gasteiger partial charge in [0.25, 0.3) is 0 Å². The number of nitrogens with zero attached hydrogens (tertiary/aromatic N) is 2. The Kier molecular flexibility index (Phi) is 3.35. The van der Waals surface area contributed by atoms with Crippen molar-refractivity contribution in [2.75, 3.05) is 39.4 Å². The van der Waals surface area contributed by atoms with Crippen molar-refractivity contribution in [3.8, 4) is 0 Å². The van der Waals surface area contributed by atoms with E-state index in [0.717, 1.165) is 32.8 Å². The molecule has 13 heavy (non-hydrogen) atoms. The van der Waals surface area contributed by atoms with Crippen LogP contribution in [0.3, 0.4) is 0 Å². The van der Waals surface area contributed by atoms with Gasteiger partial charge in [0.1, 0.15) is 0 Å². The molecule has 1 fully saturated rings. The van der Waals surface area contributed by atoms with Crippen LogP contribution in [0.1, 0.15) is 12.8 Å². The lowest BCUT2D eigenvalue weighted by molar-refractivity contribution is -0.0834. The van der Waals surface area contributed by atoms with Crippen LogP contribution in [-0.2, 0) is 4.74 Å². The quantitative estimate of drug-likeness (QED) is 0.560. The fourth-order valence-corrected chi connectivity index (χ4v) is 1.89. The maximum atomic E-state index is 5.34. The highest BCUT2D eigenvalue weighted by Crippen LogP contribution is 2.08. The minimum Gasteiger partial charge on any atom is -0.379 e.